The molecule has 1 unspecified atom stereocenters. The molecule has 1 aromatic carbocycles. The molecule has 0 aliphatic carbocycles. The van der Waals surface area contributed by atoms with Gasteiger partial charge in [0.15, 0.2) is 11.5 Å². The molecule has 0 radical (unpaired) electrons. The van der Waals surface area contributed by atoms with Gasteiger partial charge in [0.25, 0.3) is 0 Å². The fraction of sp³-hybridized carbons (Fsp3) is 0.529. The molecule has 0 saturated heterocycles. The predicted octanol–water partition coefficient (Wildman–Crippen LogP) is 4.01. The highest BCUT2D eigenvalue weighted by atomic mass is 35.5. The van der Waals surface area contributed by atoms with E-state index in [1.807, 2.05) is 20.8 Å². The molecule has 6 heteroatoms. The summed E-state index contributed by atoms with van der Waals surface area (Å²) in [6.07, 6.45) is 0.548. The fourth-order valence-electron chi connectivity index (χ4n) is 1.68. The number of carbonyl (C=O) groups excluding carboxylic acids is 2. The quantitative estimate of drug-likeness (QED) is 0.527. The van der Waals surface area contributed by atoms with Gasteiger partial charge in [-0.25, -0.2) is 0 Å². The maximum atomic E-state index is 11.8. The summed E-state index contributed by atoms with van der Waals surface area (Å²) in [5.74, 6) is 0.216. The predicted molar refractivity (Wildman–Crippen MR) is 87.9 cm³/mol. The van der Waals surface area contributed by atoms with Crippen molar-refractivity contribution in [2.24, 2.45) is 5.92 Å². The summed E-state index contributed by atoms with van der Waals surface area (Å²) in [5.41, 5.74) is 0. The first-order valence-electron chi connectivity index (χ1n) is 7.57. The highest BCUT2D eigenvalue weighted by Crippen LogP contribution is 2.30. The third-order valence-corrected chi connectivity index (χ3v) is 3.60. The van der Waals surface area contributed by atoms with Crippen LogP contribution < -0.4 is 9.47 Å². The Morgan fingerprint density at radius 1 is 1.09 bits per heavy atom. The van der Waals surface area contributed by atoms with E-state index in [1.54, 1.807) is 18.2 Å². The van der Waals surface area contributed by atoms with Gasteiger partial charge in [-0.3, -0.25) is 9.59 Å². The van der Waals surface area contributed by atoms with Crippen molar-refractivity contribution in [3.05, 3.63) is 23.2 Å². The summed E-state index contributed by atoms with van der Waals surface area (Å²) in [6.45, 7) is 5.81. The molecule has 0 spiro atoms. The zero-order chi connectivity index (χ0) is 17.4. The number of ether oxygens (including phenoxy) is 3. The highest BCUT2D eigenvalue weighted by Gasteiger charge is 2.15. The van der Waals surface area contributed by atoms with Gasteiger partial charge in [0.2, 0.25) is 0 Å². The molecule has 0 saturated carbocycles. The van der Waals surface area contributed by atoms with E-state index in [1.165, 1.54) is 7.11 Å². The molecule has 0 aromatic heterocycles. The SMILES string of the molecule is COc1cc(Cl)ccc1OC(=O)CCCC(=O)OC(C)C(C)C. The number of rotatable bonds is 8. The van der Waals surface area contributed by atoms with Crippen LogP contribution in [0.5, 0.6) is 11.5 Å². The molecule has 0 aliphatic rings. The number of hydrogen-bond donors (Lipinski definition) is 0. The van der Waals surface area contributed by atoms with E-state index >= 15 is 0 Å². The zero-order valence-electron chi connectivity index (χ0n) is 13.9. The van der Waals surface area contributed by atoms with Crippen molar-refractivity contribution >= 4 is 23.5 Å². The maximum Gasteiger partial charge on any atom is 0.311 e. The van der Waals surface area contributed by atoms with Crippen LogP contribution in [0.15, 0.2) is 18.2 Å². The van der Waals surface area contributed by atoms with Crippen molar-refractivity contribution in [3.63, 3.8) is 0 Å². The van der Waals surface area contributed by atoms with E-state index in [4.69, 9.17) is 25.8 Å². The number of esters is 2. The first-order valence-corrected chi connectivity index (χ1v) is 7.95. The first kappa shape index (κ1) is 19.3. The van der Waals surface area contributed by atoms with Gasteiger partial charge in [0, 0.05) is 23.9 Å². The molecule has 1 rings (SSSR count). The Hall–Kier alpha value is -1.75. The lowest BCUT2D eigenvalue weighted by atomic mass is 10.1. The van der Waals surface area contributed by atoms with Crippen LogP contribution in [0.4, 0.5) is 0 Å². The van der Waals surface area contributed by atoms with Crippen LogP contribution in [-0.2, 0) is 14.3 Å². The van der Waals surface area contributed by atoms with Crippen molar-refractivity contribution in [1.82, 2.24) is 0 Å². The molecular weight excluding hydrogens is 320 g/mol. The molecule has 0 fully saturated rings. The van der Waals surface area contributed by atoms with Gasteiger partial charge < -0.3 is 14.2 Å². The third kappa shape index (κ3) is 6.91. The molecule has 1 atom stereocenters. The Kier molecular flexibility index (Phi) is 7.89. The second-order valence-electron chi connectivity index (χ2n) is 5.56. The third-order valence-electron chi connectivity index (χ3n) is 3.37. The maximum absolute atomic E-state index is 11.8. The van der Waals surface area contributed by atoms with Gasteiger partial charge >= 0.3 is 11.9 Å². The largest absolute Gasteiger partial charge is 0.493 e. The van der Waals surface area contributed by atoms with Gasteiger partial charge in [0.1, 0.15) is 6.10 Å². The van der Waals surface area contributed by atoms with Crippen LogP contribution in [0.2, 0.25) is 5.02 Å². The second kappa shape index (κ2) is 9.40. The Morgan fingerprint density at radius 3 is 2.35 bits per heavy atom. The van der Waals surface area contributed by atoms with Crippen molar-refractivity contribution in [1.29, 1.82) is 0 Å². The number of benzene rings is 1. The Bertz CT molecular complexity index is 542. The molecule has 0 bridgehead atoms. The molecule has 5 nitrogen and oxygen atoms in total. The fourth-order valence-corrected chi connectivity index (χ4v) is 1.84. The standard InChI is InChI=1S/C17H23ClO5/c1-11(2)12(3)22-16(19)6-5-7-17(20)23-14-9-8-13(18)10-15(14)21-4/h8-12H,5-7H2,1-4H3. The van der Waals surface area contributed by atoms with Gasteiger partial charge in [-0.15, -0.1) is 0 Å². The minimum Gasteiger partial charge on any atom is -0.493 e. The van der Waals surface area contributed by atoms with Crippen molar-refractivity contribution in [2.75, 3.05) is 7.11 Å². The molecule has 23 heavy (non-hydrogen) atoms. The van der Waals surface area contributed by atoms with Crippen molar-refractivity contribution in [3.8, 4) is 11.5 Å². The van der Waals surface area contributed by atoms with Crippen LogP contribution in [0, 0.1) is 5.92 Å². The first-order chi connectivity index (χ1) is 10.8. The summed E-state index contributed by atoms with van der Waals surface area (Å²) in [7, 11) is 1.47. The number of halogens is 1. The minimum absolute atomic E-state index is 0.122. The lowest BCUT2D eigenvalue weighted by Gasteiger charge is -2.16. The van der Waals surface area contributed by atoms with E-state index in [2.05, 4.69) is 0 Å². The highest BCUT2D eigenvalue weighted by molar-refractivity contribution is 6.30. The molecular formula is C17H23ClO5. The zero-order valence-corrected chi connectivity index (χ0v) is 14.7. The monoisotopic (exact) mass is 342 g/mol. The summed E-state index contributed by atoms with van der Waals surface area (Å²) in [4.78, 5) is 23.4. The molecule has 0 N–H and O–H groups in total. The van der Waals surface area contributed by atoms with E-state index < -0.39 is 5.97 Å². The van der Waals surface area contributed by atoms with Crippen LogP contribution in [0.25, 0.3) is 0 Å². The van der Waals surface area contributed by atoms with Crippen molar-refractivity contribution < 1.29 is 23.8 Å². The normalized spacial score (nSPS) is 11.9. The van der Waals surface area contributed by atoms with E-state index in [0.29, 0.717) is 22.9 Å². The van der Waals surface area contributed by atoms with Crippen LogP contribution in [-0.4, -0.2) is 25.2 Å². The molecule has 0 aliphatic heterocycles. The molecule has 0 heterocycles. The molecule has 128 valence electrons. The van der Waals surface area contributed by atoms with Gasteiger partial charge in [-0.2, -0.15) is 0 Å². The average molecular weight is 343 g/mol. The van der Waals surface area contributed by atoms with Gasteiger partial charge in [0.05, 0.1) is 7.11 Å². The van der Waals surface area contributed by atoms with Crippen LogP contribution in [0.3, 0.4) is 0 Å². The lowest BCUT2D eigenvalue weighted by Crippen LogP contribution is -2.20. The smallest absolute Gasteiger partial charge is 0.311 e. The summed E-state index contributed by atoms with van der Waals surface area (Å²) >= 11 is 5.84. The second-order valence-corrected chi connectivity index (χ2v) is 6.00. The number of methoxy groups -OCH3 is 1. The summed E-state index contributed by atoms with van der Waals surface area (Å²) in [5, 5.41) is 0.490. The number of hydrogen-bond acceptors (Lipinski definition) is 5. The van der Waals surface area contributed by atoms with E-state index in [9.17, 15) is 9.59 Å². The molecule has 0 amide bonds. The average Bonchev–Trinajstić information content (AvgIpc) is 2.48. The van der Waals surface area contributed by atoms with Crippen LogP contribution >= 0.6 is 11.6 Å². The number of carbonyl (C=O) groups is 2. The Morgan fingerprint density at radius 2 is 1.74 bits per heavy atom. The minimum atomic E-state index is -0.435. The van der Waals surface area contributed by atoms with Gasteiger partial charge in [-0.1, -0.05) is 25.4 Å². The Balaban J connectivity index is 2.39. The Labute approximate surface area is 141 Å². The molecule has 1 aromatic rings. The van der Waals surface area contributed by atoms with E-state index in [0.717, 1.165) is 0 Å². The topological polar surface area (TPSA) is 61.8 Å². The van der Waals surface area contributed by atoms with Gasteiger partial charge in [-0.05, 0) is 31.4 Å². The van der Waals surface area contributed by atoms with Crippen molar-refractivity contribution in [2.45, 2.75) is 46.1 Å². The summed E-state index contributed by atoms with van der Waals surface area (Å²) < 4.78 is 15.6. The van der Waals surface area contributed by atoms with E-state index in [-0.39, 0.29) is 30.8 Å². The summed E-state index contributed by atoms with van der Waals surface area (Å²) in [6, 6.07) is 4.74. The van der Waals surface area contributed by atoms with Crippen LogP contribution in [0.1, 0.15) is 40.0 Å². The lowest BCUT2D eigenvalue weighted by molar-refractivity contribution is -0.150.